The van der Waals surface area contributed by atoms with E-state index >= 15 is 0 Å². The highest BCUT2D eigenvalue weighted by Crippen LogP contribution is 2.09. The third-order valence-electron chi connectivity index (χ3n) is 1.38. The van der Waals surface area contributed by atoms with Gasteiger partial charge in [-0.25, -0.2) is 4.98 Å². The molecule has 12 heavy (non-hydrogen) atoms. The van der Waals surface area contributed by atoms with Crippen LogP contribution in [0.3, 0.4) is 0 Å². The molecule has 1 aromatic heterocycles. The Hall–Kier alpha value is -1.49. The molecule has 0 radical (unpaired) electrons. The molecule has 1 aromatic rings. The van der Waals surface area contributed by atoms with Crippen molar-refractivity contribution in [3.63, 3.8) is 0 Å². The highest BCUT2D eigenvalue weighted by molar-refractivity contribution is 5.75. The number of carbonyl (C=O) groups is 1. The Morgan fingerprint density at radius 3 is 2.92 bits per heavy atom. The summed E-state index contributed by atoms with van der Waals surface area (Å²) >= 11 is 0. The van der Waals surface area contributed by atoms with Crippen LogP contribution in [0.2, 0.25) is 0 Å². The average Bonchev–Trinajstić information content (AvgIpc) is 2.03. The molecule has 64 valence electrons. The minimum Gasteiger partial charge on any atom is -0.480 e. The second-order valence-electron chi connectivity index (χ2n) is 2.23. The summed E-state index contributed by atoms with van der Waals surface area (Å²) in [6.07, 6.45) is 1.17. The lowest BCUT2D eigenvalue weighted by atomic mass is 10.1. The molecule has 3 N–H and O–H groups in total. The number of halogens is 1. The van der Waals surface area contributed by atoms with Crippen LogP contribution in [0, 0.1) is 5.95 Å². The van der Waals surface area contributed by atoms with Gasteiger partial charge in [-0.05, 0) is 17.7 Å². The van der Waals surface area contributed by atoms with Gasteiger partial charge in [-0.15, -0.1) is 0 Å². The van der Waals surface area contributed by atoms with Gasteiger partial charge >= 0.3 is 5.97 Å². The molecule has 1 rings (SSSR count). The molecule has 0 spiro atoms. The zero-order chi connectivity index (χ0) is 9.14. The predicted octanol–water partition coefficient (Wildman–Crippen LogP) is 0.305. The van der Waals surface area contributed by atoms with Crippen LogP contribution in [0.25, 0.3) is 0 Å². The van der Waals surface area contributed by atoms with Crippen molar-refractivity contribution in [2.24, 2.45) is 5.73 Å². The summed E-state index contributed by atoms with van der Waals surface area (Å²) in [7, 11) is 0. The first-order valence-corrected chi connectivity index (χ1v) is 3.21. The van der Waals surface area contributed by atoms with Crippen LogP contribution >= 0.6 is 0 Å². The zero-order valence-electron chi connectivity index (χ0n) is 6.07. The second kappa shape index (κ2) is 3.27. The average molecular weight is 170 g/mol. The fourth-order valence-electron chi connectivity index (χ4n) is 0.753. The van der Waals surface area contributed by atoms with Crippen molar-refractivity contribution in [2.75, 3.05) is 0 Å². The van der Waals surface area contributed by atoms with Crippen molar-refractivity contribution in [1.29, 1.82) is 0 Å². The number of hydrogen-bond acceptors (Lipinski definition) is 3. The number of rotatable bonds is 2. The third kappa shape index (κ3) is 1.76. The largest absolute Gasteiger partial charge is 0.480 e. The first-order valence-electron chi connectivity index (χ1n) is 3.21. The second-order valence-corrected chi connectivity index (χ2v) is 2.23. The number of aromatic nitrogens is 1. The Labute approximate surface area is 67.8 Å². The summed E-state index contributed by atoms with van der Waals surface area (Å²) in [4.78, 5) is 13.6. The zero-order valence-corrected chi connectivity index (χ0v) is 6.07. The SMILES string of the molecule is NC(C(=O)O)c1ccnc(F)c1. The standard InChI is InChI=1S/C7H7FN2O2/c8-5-3-4(1-2-10-5)6(9)7(11)12/h1-3,6H,9H2,(H,11,12). The van der Waals surface area contributed by atoms with Crippen LogP contribution in [-0.4, -0.2) is 16.1 Å². The molecule has 0 aliphatic carbocycles. The predicted molar refractivity (Wildman–Crippen MR) is 38.8 cm³/mol. The first-order chi connectivity index (χ1) is 5.61. The van der Waals surface area contributed by atoms with Crippen LogP contribution in [0.1, 0.15) is 11.6 Å². The first kappa shape index (κ1) is 8.61. The highest BCUT2D eigenvalue weighted by Gasteiger charge is 2.14. The van der Waals surface area contributed by atoms with E-state index in [0.29, 0.717) is 0 Å². The molecule has 0 bridgehead atoms. The topological polar surface area (TPSA) is 76.2 Å². The van der Waals surface area contributed by atoms with Gasteiger partial charge in [-0.2, -0.15) is 4.39 Å². The van der Waals surface area contributed by atoms with E-state index in [4.69, 9.17) is 10.8 Å². The molecule has 0 saturated heterocycles. The number of hydrogen-bond donors (Lipinski definition) is 2. The molecule has 0 amide bonds. The van der Waals surface area contributed by atoms with Gasteiger partial charge in [-0.3, -0.25) is 4.79 Å². The number of aliphatic carboxylic acids is 1. The summed E-state index contributed by atoms with van der Waals surface area (Å²) in [6.45, 7) is 0. The van der Waals surface area contributed by atoms with Crippen LogP contribution in [0.5, 0.6) is 0 Å². The molecule has 0 aliphatic rings. The molecule has 4 nitrogen and oxygen atoms in total. The summed E-state index contributed by atoms with van der Waals surface area (Å²) in [5.41, 5.74) is 5.42. The summed E-state index contributed by atoms with van der Waals surface area (Å²) in [5.74, 6) is -1.93. The summed E-state index contributed by atoms with van der Waals surface area (Å²) in [6, 6.07) is 1.17. The van der Waals surface area contributed by atoms with Gasteiger partial charge in [0, 0.05) is 6.20 Å². The van der Waals surface area contributed by atoms with Gasteiger partial charge in [0.2, 0.25) is 5.95 Å². The maximum atomic E-state index is 12.4. The van der Waals surface area contributed by atoms with E-state index in [9.17, 15) is 9.18 Å². The quantitative estimate of drug-likeness (QED) is 0.626. The fraction of sp³-hybridized carbons (Fsp3) is 0.143. The molecule has 0 aliphatic heterocycles. The molecule has 1 heterocycles. The normalized spacial score (nSPS) is 12.5. The maximum absolute atomic E-state index is 12.4. The van der Waals surface area contributed by atoms with E-state index in [1.54, 1.807) is 0 Å². The molecule has 0 fully saturated rings. The molecular formula is C7H7FN2O2. The molecule has 0 saturated carbocycles. The lowest BCUT2D eigenvalue weighted by Gasteiger charge is -2.04. The van der Waals surface area contributed by atoms with Crippen molar-refractivity contribution in [2.45, 2.75) is 6.04 Å². The fourth-order valence-corrected chi connectivity index (χ4v) is 0.753. The van der Waals surface area contributed by atoms with Crippen molar-refractivity contribution in [3.05, 3.63) is 29.8 Å². The lowest BCUT2D eigenvalue weighted by Crippen LogP contribution is -2.20. The highest BCUT2D eigenvalue weighted by atomic mass is 19.1. The minimum atomic E-state index is -1.19. The lowest BCUT2D eigenvalue weighted by molar-refractivity contribution is -0.138. The van der Waals surface area contributed by atoms with Crippen molar-refractivity contribution >= 4 is 5.97 Å². The maximum Gasteiger partial charge on any atom is 0.325 e. The number of carboxylic acids is 1. The molecule has 0 aromatic carbocycles. The van der Waals surface area contributed by atoms with Gasteiger partial charge in [0.15, 0.2) is 0 Å². The van der Waals surface area contributed by atoms with Gasteiger partial charge in [0.25, 0.3) is 0 Å². The Bertz CT molecular complexity index is 303. The Kier molecular flexibility index (Phi) is 2.35. The van der Waals surface area contributed by atoms with E-state index in [0.717, 1.165) is 6.07 Å². The van der Waals surface area contributed by atoms with Crippen LogP contribution in [0.4, 0.5) is 4.39 Å². The van der Waals surface area contributed by atoms with Crippen LogP contribution < -0.4 is 5.73 Å². The van der Waals surface area contributed by atoms with E-state index in [2.05, 4.69) is 4.98 Å². The molecular weight excluding hydrogens is 163 g/mol. The monoisotopic (exact) mass is 170 g/mol. The number of pyridine rings is 1. The van der Waals surface area contributed by atoms with E-state index in [1.807, 2.05) is 0 Å². The Morgan fingerprint density at radius 1 is 1.75 bits per heavy atom. The van der Waals surface area contributed by atoms with E-state index < -0.39 is 18.0 Å². The number of nitrogens with zero attached hydrogens (tertiary/aromatic N) is 1. The van der Waals surface area contributed by atoms with Crippen molar-refractivity contribution < 1.29 is 14.3 Å². The van der Waals surface area contributed by atoms with Gasteiger partial charge in [-0.1, -0.05) is 0 Å². The minimum absolute atomic E-state index is 0.204. The Morgan fingerprint density at radius 2 is 2.42 bits per heavy atom. The van der Waals surface area contributed by atoms with Crippen LogP contribution in [-0.2, 0) is 4.79 Å². The third-order valence-corrected chi connectivity index (χ3v) is 1.38. The van der Waals surface area contributed by atoms with Gasteiger partial charge in [0.05, 0.1) is 0 Å². The summed E-state index contributed by atoms with van der Waals surface area (Å²) in [5, 5.41) is 8.46. The number of carboxylic acid groups (broad SMARTS) is 1. The Balaban J connectivity index is 2.95. The van der Waals surface area contributed by atoms with Crippen molar-refractivity contribution in [3.8, 4) is 0 Å². The van der Waals surface area contributed by atoms with Gasteiger partial charge in [0.1, 0.15) is 6.04 Å². The molecule has 1 atom stereocenters. The smallest absolute Gasteiger partial charge is 0.325 e. The number of nitrogens with two attached hydrogens (primary N) is 1. The summed E-state index contributed by atoms with van der Waals surface area (Å²) < 4.78 is 12.4. The van der Waals surface area contributed by atoms with E-state index in [-0.39, 0.29) is 5.56 Å². The van der Waals surface area contributed by atoms with Gasteiger partial charge < -0.3 is 10.8 Å². The van der Waals surface area contributed by atoms with Crippen LogP contribution in [0.15, 0.2) is 18.3 Å². The van der Waals surface area contributed by atoms with E-state index in [1.165, 1.54) is 12.3 Å². The molecule has 1 unspecified atom stereocenters. The van der Waals surface area contributed by atoms with Crippen molar-refractivity contribution in [1.82, 2.24) is 4.98 Å². The molecule has 5 heteroatoms.